The molecule has 0 atom stereocenters. The smallest absolute Gasteiger partial charge is 0.354 e. The van der Waals surface area contributed by atoms with Crippen molar-refractivity contribution in [3.63, 3.8) is 0 Å². The fourth-order valence-corrected chi connectivity index (χ4v) is 2.56. The van der Waals surface area contributed by atoms with Crippen LogP contribution in [0.15, 0.2) is 12.1 Å². The van der Waals surface area contributed by atoms with E-state index >= 15 is 0 Å². The second-order valence-corrected chi connectivity index (χ2v) is 6.21. The van der Waals surface area contributed by atoms with Gasteiger partial charge in [-0.15, -0.1) is 0 Å². The van der Waals surface area contributed by atoms with Crippen molar-refractivity contribution in [3.05, 3.63) is 27.9 Å². The van der Waals surface area contributed by atoms with Gasteiger partial charge in [-0.25, -0.2) is 9.78 Å². The summed E-state index contributed by atoms with van der Waals surface area (Å²) in [7, 11) is 0. The Hall–Kier alpha value is -2.18. The van der Waals surface area contributed by atoms with Crippen LogP contribution in [0.25, 0.3) is 0 Å². The van der Waals surface area contributed by atoms with E-state index < -0.39 is 10.9 Å². The highest BCUT2D eigenvalue weighted by Crippen LogP contribution is 2.36. The Labute approximate surface area is 122 Å². The number of nitrogens with one attached hydrogen (secondary N) is 1. The Kier molecular flexibility index (Phi) is 4.11. The molecule has 7 nitrogen and oxygen atoms in total. The van der Waals surface area contributed by atoms with Crippen LogP contribution in [0.2, 0.25) is 0 Å². The van der Waals surface area contributed by atoms with E-state index in [1.165, 1.54) is 6.07 Å². The van der Waals surface area contributed by atoms with E-state index in [0.29, 0.717) is 5.41 Å². The van der Waals surface area contributed by atoms with Crippen LogP contribution >= 0.6 is 0 Å². The second kappa shape index (κ2) is 5.67. The first-order valence-electron chi connectivity index (χ1n) is 6.94. The second-order valence-electron chi connectivity index (χ2n) is 6.21. The van der Waals surface area contributed by atoms with Crippen molar-refractivity contribution >= 4 is 17.5 Å². The Morgan fingerprint density at radius 3 is 2.57 bits per heavy atom. The van der Waals surface area contributed by atoms with Crippen molar-refractivity contribution in [1.82, 2.24) is 4.98 Å². The average molecular weight is 293 g/mol. The minimum absolute atomic E-state index is 0.0459. The van der Waals surface area contributed by atoms with Gasteiger partial charge in [0.2, 0.25) is 5.82 Å². The Morgan fingerprint density at radius 2 is 2.05 bits per heavy atom. The summed E-state index contributed by atoms with van der Waals surface area (Å²) in [6.07, 6.45) is 3.83. The molecular weight excluding hydrogens is 274 g/mol. The van der Waals surface area contributed by atoms with Crippen LogP contribution in [0, 0.1) is 15.5 Å². The average Bonchev–Trinajstić information content (AvgIpc) is 2.40. The first-order chi connectivity index (χ1) is 9.78. The topological polar surface area (TPSA) is 105 Å². The molecule has 0 aliphatic heterocycles. The standard InChI is InChI=1S/C14H19N3O4/c1-14(2)7-5-9(6-8-14)15-12-11(17(20)21)4-3-10(16-12)13(18)19/h3-4,9H,5-8H2,1-2H3,(H,15,16)(H,18,19). The van der Waals surface area contributed by atoms with Gasteiger partial charge in [-0.05, 0) is 37.2 Å². The summed E-state index contributed by atoms with van der Waals surface area (Å²) < 4.78 is 0. The van der Waals surface area contributed by atoms with Crippen molar-refractivity contribution in [1.29, 1.82) is 0 Å². The monoisotopic (exact) mass is 293 g/mol. The number of carbonyl (C=O) groups is 1. The molecule has 1 saturated carbocycles. The molecule has 2 N–H and O–H groups in total. The molecule has 21 heavy (non-hydrogen) atoms. The lowest BCUT2D eigenvalue weighted by Gasteiger charge is -2.34. The van der Waals surface area contributed by atoms with Crippen LogP contribution in [0.3, 0.4) is 0 Å². The summed E-state index contributed by atoms with van der Waals surface area (Å²) in [5.74, 6) is -1.15. The summed E-state index contributed by atoms with van der Waals surface area (Å²) >= 11 is 0. The molecule has 1 fully saturated rings. The predicted octanol–water partition coefficient (Wildman–Crippen LogP) is 3.07. The van der Waals surface area contributed by atoms with Crippen LogP contribution in [0.1, 0.15) is 50.0 Å². The molecule has 0 bridgehead atoms. The molecule has 1 aromatic heterocycles. The van der Waals surface area contributed by atoms with Gasteiger partial charge in [0.1, 0.15) is 0 Å². The minimum atomic E-state index is -1.20. The molecule has 2 rings (SSSR count). The van der Waals surface area contributed by atoms with E-state index in [1.54, 1.807) is 0 Å². The van der Waals surface area contributed by atoms with Gasteiger partial charge in [-0.1, -0.05) is 13.8 Å². The highest BCUT2D eigenvalue weighted by atomic mass is 16.6. The van der Waals surface area contributed by atoms with Crippen molar-refractivity contribution in [2.24, 2.45) is 5.41 Å². The highest BCUT2D eigenvalue weighted by molar-refractivity contribution is 5.86. The summed E-state index contributed by atoms with van der Waals surface area (Å²) in [4.78, 5) is 25.3. The predicted molar refractivity (Wildman–Crippen MR) is 77.5 cm³/mol. The first-order valence-corrected chi connectivity index (χ1v) is 6.94. The Balaban J connectivity index is 2.19. The van der Waals surface area contributed by atoms with Crippen LogP contribution in [-0.2, 0) is 0 Å². The quantitative estimate of drug-likeness (QED) is 0.652. The van der Waals surface area contributed by atoms with Gasteiger partial charge < -0.3 is 10.4 Å². The van der Waals surface area contributed by atoms with Gasteiger partial charge in [-0.3, -0.25) is 10.1 Å². The minimum Gasteiger partial charge on any atom is -0.477 e. The first kappa shape index (κ1) is 15.2. The van der Waals surface area contributed by atoms with Crippen molar-refractivity contribution in [3.8, 4) is 0 Å². The largest absolute Gasteiger partial charge is 0.477 e. The van der Waals surface area contributed by atoms with E-state index in [2.05, 4.69) is 24.1 Å². The number of carboxylic acids is 1. The molecular formula is C14H19N3O4. The van der Waals surface area contributed by atoms with Gasteiger partial charge in [-0.2, -0.15) is 0 Å². The van der Waals surface area contributed by atoms with Crippen LogP contribution < -0.4 is 5.32 Å². The number of rotatable bonds is 4. The maximum Gasteiger partial charge on any atom is 0.354 e. The molecule has 0 aromatic carbocycles. The Bertz CT molecular complexity index is 561. The van der Waals surface area contributed by atoms with Gasteiger partial charge in [0.05, 0.1) is 4.92 Å². The highest BCUT2D eigenvalue weighted by Gasteiger charge is 2.28. The van der Waals surface area contributed by atoms with Crippen molar-refractivity contribution in [2.75, 3.05) is 5.32 Å². The molecule has 1 heterocycles. The van der Waals surface area contributed by atoms with Crippen LogP contribution in [-0.4, -0.2) is 27.0 Å². The summed E-state index contributed by atoms with van der Waals surface area (Å²) in [5.41, 5.74) is -0.0930. The molecule has 0 spiro atoms. The molecule has 0 amide bonds. The third-order valence-electron chi connectivity index (χ3n) is 3.97. The number of hydrogen-bond donors (Lipinski definition) is 2. The summed E-state index contributed by atoms with van der Waals surface area (Å²) in [6, 6.07) is 2.43. The van der Waals surface area contributed by atoms with Crippen LogP contribution in [0.4, 0.5) is 11.5 Å². The lowest BCUT2D eigenvalue weighted by atomic mass is 9.75. The number of carboxylic acid groups (broad SMARTS) is 1. The molecule has 1 aromatic rings. The zero-order valence-electron chi connectivity index (χ0n) is 12.1. The molecule has 0 saturated heterocycles. The Morgan fingerprint density at radius 1 is 1.43 bits per heavy atom. The summed E-state index contributed by atoms with van der Waals surface area (Å²) in [6.45, 7) is 4.41. The maximum absolute atomic E-state index is 11.0. The van der Waals surface area contributed by atoms with E-state index in [9.17, 15) is 14.9 Å². The van der Waals surface area contributed by atoms with Crippen molar-refractivity contribution in [2.45, 2.75) is 45.6 Å². The fourth-order valence-electron chi connectivity index (χ4n) is 2.56. The van der Waals surface area contributed by atoms with Gasteiger partial charge in [0.15, 0.2) is 5.69 Å². The lowest BCUT2D eigenvalue weighted by Crippen LogP contribution is -2.30. The van der Waals surface area contributed by atoms with Crippen molar-refractivity contribution < 1.29 is 14.8 Å². The normalized spacial score (nSPS) is 18.2. The third-order valence-corrected chi connectivity index (χ3v) is 3.97. The molecule has 0 unspecified atom stereocenters. The summed E-state index contributed by atoms with van der Waals surface area (Å²) in [5, 5.41) is 23.0. The van der Waals surface area contributed by atoms with Gasteiger partial charge in [0, 0.05) is 12.1 Å². The number of nitro groups is 1. The number of aromatic carboxylic acids is 1. The molecule has 7 heteroatoms. The van der Waals surface area contributed by atoms with Gasteiger partial charge >= 0.3 is 11.7 Å². The number of anilines is 1. The fraction of sp³-hybridized carbons (Fsp3) is 0.571. The van der Waals surface area contributed by atoms with E-state index in [4.69, 9.17) is 5.11 Å². The third kappa shape index (κ3) is 3.68. The maximum atomic E-state index is 11.0. The van der Waals surface area contributed by atoms with E-state index in [-0.39, 0.29) is 23.2 Å². The number of hydrogen-bond acceptors (Lipinski definition) is 5. The molecule has 0 radical (unpaired) electrons. The van der Waals surface area contributed by atoms with E-state index in [1.807, 2.05) is 0 Å². The number of pyridine rings is 1. The molecule has 1 aliphatic rings. The number of aromatic nitrogens is 1. The molecule has 1 aliphatic carbocycles. The van der Waals surface area contributed by atoms with E-state index in [0.717, 1.165) is 31.7 Å². The molecule has 114 valence electrons. The SMILES string of the molecule is CC1(C)CCC(Nc2nc(C(=O)O)ccc2[N+](=O)[O-])CC1. The zero-order valence-corrected chi connectivity index (χ0v) is 12.1. The zero-order chi connectivity index (χ0) is 15.6. The number of nitrogens with zero attached hydrogens (tertiary/aromatic N) is 2. The van der Waals surface area contributed by atoms with Gasteiger partial charge in [0.25, 0.3) is 0 Å². The van der Waals surface area contributed by atoms with Crippen LogP contribution in [0.5, 0.6) is 0 Å². The lowest BCUT2D eigenvalue weighted by molar-refractivity contribution is -0.384.